The highest BCUT2D eigenvalue weighted by atomic mass is 35.5. The third-order valence-corrected chi connectivity index (χ3v) is 5.38. The molecule has 0 aliphatic carbocycles. The van der Waals surface area contributed by atoms with Gasteiger partial charge in [0.1, 0.15) is 16.7 Å². The van der Waals surface area contributed by atoms with Crippen molar-refractivity contribution in [2.24, 2.45) is 0 Å². The average molecular weight is 392 g/mol. The number of amides is 1. The summed E-state index contributed by atoms with van der Waals surface area (Å²) in [6, 6.07) is 2.67. The van der Waals surface area contributed by atoms with Crippen molar-refractivity contribution >= 4 is 23.2 Å². The second-order valence-electron chi connectivity index (χ2n) is 6.72. The van der Waals surface area contributed by atoms with Crippen LogP contribution in [0, 0.1) is 5.82 Å². The van der Waals surface area contributed by atoms with Gasteiger partial charge in [0.2, 0.25) is 0 Å². The molecule has 0 saturated carbocycles. The molecule has 2 aliphatic heterocycles. The first-order chi connectivity index (χ1) is 12.9. The first-order valence-corrected chi connectivity index (χ1v) is 9.23. The maximum Gasteiger partial charge on any atom is 0.276 e. The SMILES string of the molecule is C=CCN1C(=O)C(C)Oc2cc(F)c(-c3c(Cl)n4n(c3=O)CCCC4)cc21. The van der Waals surface area contributed by atoms with Crippen LogP contribution >= 0.6 is 11.6 Å². The van der Waals surface area contributed by atoms with Gasteiger partial charge in [-0.2, -0.15) is 0 Å². The predicted octanol–water partition coefficient (Wildman–Crippen LogP) is 3.20. The van der Waals surface area contributed by atoms with Crippen molar-refractivity contribution in [3.8, 4) is 16.9 Å². The molecule has 0 N–H and O–H groups in total. The van der Waals surface area contributed by atoms with Crippen molar-refractivity contribution in [1.29, 1.82) is 0 Å². The number of hydrogen-bond acceptors (Lipinski definition) is 3. The molecule has 0 spiro atoms. The largest absolute Gasteiger partial charge is 0.479 e. The molecule has 1 atom stereocenters. The molecular weight excluding hydrogens is 373 g/mol. The second kappa shape index (κ2) is 6.56. The lowest BCUT2D eigenvalue weighted by atomic mass is 10.0. The summed E-state index contributed by atoms with van der Waals surface area (Å²) < 4.78 is 23.7. The molecule has 6 nitrogen and oxygen atoms in total. The molecule has 2 aliphatic rings. The molecular formula is C19H19ClFN3O3. The van der Waals surface area contributed by atoms with Gasteiger partial charge in [-0.15, -0.1) is 6.58 Å². The molecule has 8 heteroatoms. The standard InChI is InChI=1S/C19H19ClFN3O3/c1-3-6-22-14-9-12(13(21)10-15(14)27-11(2)18(22)25)16-17(20)23-7-4-5-8-24(23)19(16)26/h3,9-11H,1,4-8H2,2H3. The van der Waals surface area contributed by atoms with Crippen LogP contribution in [-0.4, -0.2) is 27.9 Å². The van der Waals surface area contributed by atoms with Crippen LogP contribution in [-0.2, 0) is 17.9 Å². The van der Waals surface area contributed by atoms with E-state index in [9.17, 15) is 14.0 Å². The molecule has 142 valence electrons. The van der Waals surface area contributed by atoms with Gasteiger partial charge in [-0.3, -0.25) is 14.3 Å². The molecule has 3 heterocycles. The monoisotopic (exact) mass is 391 g/mol. The van der Waals surface area contributed by atoms with Gasteiger partial charge in [-0.25, -0.2) is 9.07 Å². The molecule has 0 fully saturated rings. The van der Waals surface area contributed by atoms with E-state index in [1.54, 1.807) is 22.4 Å². The number of aromatic nitrogens is 2. The zero-order valence-corrected chi connectivity index (χ0v) is 15.6. The predicted molar refractivity (Wildman–Crippen MR) is 101 cm³/mol. The Bertz CT molecular complexity index is 1010. The number of carbonyl (C=O) groups is 1. The van der Waals surface area contributed by atoms with Crippen molar-refractivity contribution in [2.75, 3.05) is 11.4 Å². The maximum absolute atomic E-state index is 14.9. The fourth-order valence-corrected chi connectivity index (χ4v) is 4.05. The number of rotatable bonds is 3. The Hall–Kier alpha value is -2.54. The summed E-state index contributed by atoms with van der Waals surface area (Å²) in [5.74, 6) is -0.610. The summed E-state index contributed by atoms with van der Waals surface area (Å²) in [4.78, 5) is 26.8. The normalized spacial score (nSPS) is 18.7. The zero-order chi connectivity index (χ0) is 19.3. The van der Waals surface area contributed by atoms with Gasteiger partial charge in [0.05, 0.1) is 11.3 Å². The minimum atomic E-state index is -0.723. The lowest BCUT2D eigenvalue weighted by Crippen LogP contribution is -2.44. The molecule has 1 unspecified atom stereocenters. The Morgan fingerprint density at radius 1 is 1.30 bits per heavy atom. The van der Waals surface area contributed by atoms with E-state index < -0.39 is 11.9 Å². The van der Waals surface area contributed by atoms with E-state index in [-0.39, 0.29) is 40.0 Å². The molecule has 1 amide bonds. The van der Waals surface area contributed by atoms with Crippen LogP contribution in [0.1, 0.15) is 19.8 Å². The number of carbonyl (C=O) groups excluding carboxylic acids is 1. The van der Waals surface area contributed by atoms with Crippen molar-refractivity contribution in [3.63, 3.8) is 0 Å². The highest BCUT2D eigenvalue weighted by molar-refractivity contribution is 6.32. The van der Waals surface area contributed by atoms with Crippen LogP contribution in [0.3, 0.4) is 0 Å². The second-order valence-corrected chi connectivity index (χ2v) is 7.08. The smallest absolute Gasteiger partial charge is 0.276 e. The third-order valence-electron chi connectivity index (χ3n) is 5.00. The summed E-state index contributed by atoms with van der Waals surface area (Å²) in [7, 11) is 0. The van der Waals surface area contributed by atoms with Crippen LogP contribution in [0.5, 0.6) is 5.75 Å². The Kier molecular flexibility index (Phi) is 4.34. The van der Waals surface area contributed by atoms with E-state index in [1.807, 2.05) is 0 Å². The minimum absolute atomic E-state index is 0.0677. The van der Waals surface area contributed by atoms with Crippen LogP contribution < -0.4 is 15.2 Å². The first-order valence-electron chi connectivity index (χ1n) is 8.86. The number of nitrogens with zero attached hydrogens (tertiary/aromatic N) is 3. The summed E-state index contributed by atoms with van der Waals surface area (Å²) in [5.41, 5.74) is 0.255. The number of fused-ring (bicyclic) bond motifs is 2. The number of ether oxygens (including phenoxy) is 1. The number of benzene rings is 1. The number of anilines is 1. The molecule has 0 bridgehead atoms. The summed E-state index contributed by atoms with van der Waals surface area (Å²) in [6.45, 7) is 6.70. The van der Waals surface area contributed by atoms with Gasteiger partial charge < -0.3 is 9.64 Å². The summed E-state index contributed by atoms with van der Waals surface area (Å²) >= 11 is 6.43. The quantitative estimate of drug-likeness (QED) is 0.755. The molecule has 2 aromatic rings. The Morgan fingerprint density at radius 3 is 2.67 bits per heavy atom. The van der Waals surface area contributed by atoms with Crippen molar-refractivity contribution in [2.45, 2.75) is 39.0 Å². The van der Waals surface area contributed by atoms with E-state index in [0.29, 0.717) is 18.8 Å². The fraction of sp³-hybridized carbons (Fsp3) is 0.368. The Morgan fingerprint density at radius 2 is 2.00 bits per heavy atom. The van der Waals surface area contributed by atoms with Crippen molar-refractivity contribution in [1.82, 2.24) is 9.36 Å². The maximum atomic E-state index is 14.9. The lowest BCUT2D eigenvalue weighted by Gasteiger charge is -2.32. The van der Waals surface area contributed by atoms with Gasteiger partial charge >= 0.3 is 0 Å². The van der Waals surface area contributed by atoms with Crippen molar-refractivity contribution < 1.29 is 13.9 Å². The lowest BCUT2D eigenvalue weighted by molar-refractivity contribution is -0.125. The van der Waals surface area contributed by atoms with Gasteiger partial charge in [0.15, 0.2) is 6.10 Å². The highest BCUT2D eigenvalue weighted by Gasteiger charge is 2.33. The molecule has 4 rings (SSSR count). The highest BCUT2D eigenvalue weighted by Crippen LogP contribution is 2.40. The van der Waals surface area contributed by atoms with Crippen molar-refractivity contribution in [3.05, 3.63) is 46.1 Å². The van der Waals surface area contributed by atoms with E-state index >= 15 is 0 Å². The average Bonchev–Trinajstić information content (AvgIpc) is 2.90. The molecule has 1 aromatic carbocycles. The van der Waals surface area contributed by atoms with Gasteiger partial charge in [0, 0.05) is 31.3 Å². The van der Waals surface area contributed by atoms with Gasteiger partial charge in [-0.1, -0.05) is 17.7 Å². The zero-order valence-electron chi connectivity index (χ0n) is 14.9. The van der Waals surface area contributed by atoms with Gasteiger partial charge in [-0.05, 0) is 25.8 Å². The Balaban J connectivity index is 1.92. The van der Waals surface area contributed by atoms with E-state index in [0.717, 1.165) is 12.8 Å². The van der Waals surface area contributed by atoms with E-state index in [4.69, 9.17) is 16.3 Å². The van der Waals surface area contributed by atoms with E-state index in [2.05, 4.69) is 6.58 Å². The van der Waals surface area contributed by atoms with Crippen LogP contribution in [0.4, 0.5) is 10.1 Å². The fourth-order valence-electron chi connectivity index (χ4n) is 3.69. The van der Waals surface area contributed by atoms with Crippen LogP contribution in [0.25, 0.3) is 11.1 Å². The Labute approximate surface area is 160 Å². The third kappa shape index (κ3) is 2.68. The molecule has 0 radical (unpaired) electrons. The van der Waals surface area contributed by atoms with Crippen LogP contribution in [0.15, 0.2) is 29.6 Å². The minimum Gasteiger partial charge on any atom is -0.479 e. The van der Waals surface area contributed by atoms with Gasteiger partial charge in [0.25, 0.3) is 11.5 Å². The molecule has 1 aromatic heterocycles. The van der Waals surface area contributed by atoms with Crippen LogP contribution in [0.2, 0.25) is 5.15 Å². The summed E-state index contributed by atoms with van der Waals surface area (Å²) in [6.07, 6.45) is 2.65. The number of halogens is 2. The first kappa shape index (κ1) is 17.9. The summed E-state index contributed by atoms with van der Waals surface area (Å²) in [5, 5.41) is 0.213. The molecule has 27 heavy (non-hydrogen) atoms. The molecule has 0 saturated heterocycles. The van der Waals surface area contributed by atoms with E-state index in [1.165, 1.54) is 17.0 Å². The number of hydrogen-bond donors (Lipinski definition) is 0. The topological polar surface area (TPSA) is 56.5 Å².